The van der Waals surface area contributed by atoms with Gasteiger partial charge in [-0.3, -0.25) is 5.32 Å². The number of nitriles is 1. The number of carbonyl (C=O) groups is 1. The number of nitrogens with one attached hydrogen (secondary N) is 2. The second kappa shape index (κ2) is 7.51. The molecular weight excluding hydrogens is 360 g/mol. The van der Waals surface area contributed by atoms with Gasteiger partial charge in [-0.25, -0.2) is 9.78 Å². The second-order valence-corrected chi connectivity index (χ2v) is 7.84. The number of nitrogens with zero attached hydrogens (tertiary/aromatic N) is 4. The van der Waals surface area contributed by atoms with Gasteiger partial charge in [-0.05, 0) is 35.2 Å². The van der Waals surface area contributed by atoms with Crippen molar-refractivity contribution in [2.45, 2.75) is 26.2 Å². The molecule has 0 unspecified atom stereocenters. The zero-order chi connectivity index (χ0) is 19.4. The van der Waals surface area contributed by atoms with Crippen molar-refractivity contribution in [2.24, 2.45) is 0 Å². The molecular formula is C19H18N6OS. The van der Waals surface area contributed by atoms with Crippen LogP contribution in [0.5, 0.6) is 0 Å². The van der Waals surface area contributed by atoms with Gasteiger partial charge in [0.2, 0.25) is 5.13 Å². The molecule has 0 aliphatic heterocycles. The van der Waals surface area contributed by atoms with Crippen molar-refractivity contribution in [2.75, 3.05) is 10.6 Å². The van der Waals surface area contributed by atoms with Crippen molar-refractivity contribution in [3.05, 3.63) is 53.9 Å². The summed E-state index contributed by atoms with van der Waals surface area (Å²) >= 11 is 1.22. The van der Waals surface area contributed by atoms with Gasteiger partial charge >= 0.3 is 6.03 Å². The van der Waals surface area contributed by atoms with E-state index in [9.17, 15) is 4.79 Å². The normalized spacial score (nSPS) is 10.9. The van der Waals surface area contributed by atoms with Gasteiger partial charge in [0.05, 0.1) is 0 Å². The van der Waals surface area contributed by atoms with Crippen molar-refractivity contribution in [1.29, 1.82) is 5.26 Å². The van der Waals surface area contributed by atoms with Gasteiger partial charge in [-0.1, -0.05) is 44.2 Å². The fourth-order valence-electron chi connectivity index (χ4n) is 2.33. The summed E-state index contributed by atoms with van der Waals surface area (Å²) in [6.45, 7) is 6.41. The molecule has 0 aliphatic rings. The van der Waals surface area contributed by atoms with Gasteiger partial charge in [0.15, 0.2) is 0 Å². The van der Waals surface area contributed by atoms with Gasteiger partial charge < -0.3 is 5.32 Å². The number of pyridine rings is 1. The smallest absolute Gasteiger partial charge is 0.308 e. The Morgan fingerprint density at radius 3 is 2.52 bits per heavy atom. The van der Waals surface area contributed by atoms with E-state index in [1.165, 1.54) is 23.1 Å². The van der Waals surface area contributed by atoms with Crippen molar-refractivity contribution >= 4 is 28.2 Å². The number of rotatable bonds is 3. The van der Waals surface area contributed by atoms with E-state index >= 15 is 0 Å². The quantitative estimate of drug-likeness (QED) is 0.702. The molecule has 0 saturated carbocycles. The molecule has 3 aromatic rings. The molecule has 27 heavy (non-hydrogen) atoms. The van der Waals surface area contributed by atoms with Gasteiger partial charge in [0.1, 0.15) is 16.8 Å². The summed E-state index contributed by atoms with van der Waals surface area (Å²) in [6, 6.07) is 12.7. The third kappa shape index (κ3) is 4.65. The molecule has 136 valence electrons. The molecule has 2 aromatic heterocycles. The molecule has 2 heterocycles. The molecule has 2 N–H and O–H groups in total. The Morgan fingerprint density at radius 1 is 1.11 bits per heavy atom. The van der Waals surface area contributed by atoms with Crippen LogP contribution in [-0.2, 0) is 5.41 Å². The maximum absolute atomic E-state index is 12.2. The van der Waals surface area contributed by atoms with Crippen LogP contribution < -0.4 is 10.6 Å². The predicted octanol–water partition coefficient (Wildman–Crippen LogP) is 4.41. The van der Waals surface area contributed by atoms with E-state index in [0.717, 1.165) is 5.56 Å². The first-order chi connectivity index (χ1) is 12.8. The highest BCUT2D eigenvalue weighted by molar-refractivity contribution is 7.18. The average molecular weight is 378 g/mol. The summed E-state index contributed by atoms with van der Waals surface area (Å²) in [4.78, 5) is 16.1. The Hall–Kier alpha value is -3.31. The monoisotopic (exact) mass is 378 g/mol. The van der Waals surface area contributed by atoms with Crippen LogP contribution in [0.4, 0.5) is 15.6 Å². The molecule has 7 nitrogen and oxygen atoms in total. The molecule has 0 saturated heterocycles. The molecule has 2 amide bonds. The van der Waals surface area contributed by atoms with Crippen molar-refractivity contribution in [3.63, 3.8) is 0 Å². The zero-order valence-electron chi connectivity index (χ0n) is 15.1. The molecule has 0 radical (unpaired) electrons. The van der Waals surface area contributed by atoms with E-state index in [1.807, 2.05) is 30.3 Å². The van der Waals surface area contributed by atoms with E-state index in [2.05, 4.69) is 46.6 Å². The molecule has 1 aromatic carbocycles. The van der Waals surface area contributed by atoms with E-state index in [0.29, 0.717) is 21.5 Å². The highest BCUT2D eigenvalue weighted by atomic mass is 32.1. The maximum Gasteiger partial charge on any atom is 0.325 e. The molecule has 0 bridgehead atoms. The van der Waals surface area contributed by atoms with Gasteiger partial charge in [-0.2, -0.15) is 5.26 Å². The summed E-state index contributed by atoms with van der Waals surface area (Å²) < 4.78 is 0. The summed E-state index contributed by atoms with van der Waals surface area (Å²) in [5.74, 6) is 0. The Labute approximate surface area is 161 Å². The largest absolute Gasteiger partial charge is 0.325 e. The minimum absolute atomic E-state index is 0.0577. The van der Waals surface area contributed by atoms with E-state index in [1.54, 1.807) is 12.1 Å². The topological polar surface area (TPSA) is 104 Å². The molecule has 3 rings (SSSR count). The highest BCUT2D eigenvalue weighted by Gasteiger charge is 2.14. The standard InChI is InChI=1S/C19H18N6OS/c1-19(2,3)13-4-6-14(7-5-13)22-17(26)23-18-25-24-16(27-18)12-8-9-21-15(10-12)11-20/h4-10H,1-3H3,(H2,22,23,25,26). The SMILES string of the molecule is CC(C)(C)c1ccc(NC(=O)Nc2nnc(-c3ccnc(C#N)c3)s2)cc1. The van der Waals surface area contributed by atoms with Crippen LogP contribution in [0.25, 0.3) is 10.6 Å². The lowest BCUT2D eigenvalue weighted by molar-refractivity contribution is 0.262. The number of amides is 2. The van der Waals surface area contributed by atoms with Crippen molar-refractivity contribution in [1.82, 2.24) is 15.2 Å². The summed E-state index contributed by atoms with van der Waals surface area (Å²) in [7, 11) is 0. The van der Waals surface area contributed by atoms with Crippen LogP contribution >= 0.6 is 11.3 Å². The molecule has 8 heteroatoms. The Morgan fingerprint density at radius 2 is 1.85 bits per heavy atom. The summed E-state index contributed by atoms with van der Waals surface area (Å²) in [5.41, 5.74) is 2.97. The van der Waals surface area contributed by atoms with Crippen LogP contribution in [0.15, 0.2) is 42.6 Å². The number of hydrogen-bond acceptors (Lipinski definition) is 6. The number of benzene rings is 1. The number of urea groups is 1. The maximum atomic E-state index is 12.2. The number of aromatic nitrogens is 3. The lowest BCUT2D eigenvalue weighted by Gasteiger charge is -2.19. The van der Waals surface area contributed by atoms with E-state index in [4.69, 9.17) is 5.26 Å². The van der Waals surface area contributed by atoms with Gasteiger partial charge in [-0.15, -0.1) is 10.2 Å². The lowest BCUT2D eigenvalue weighted by Crippen LogP contribution is -2.19. The van der Waals surface area contributed by atoms with Crippen LogP contribution in [-0.4, -0.2) is 21.2 Å². The minimum Gasteiger partial charge on any atom is -0.308 e. The minimum atomic E-state index is -0.395. The number of anilines is 2. The first-order valence-electron chi connectivity index (χ1n) is 8.24. The molecule has 0 atom stereocenters. The molecule has 0 fully saturated rings. The summed E-state index contributed by atoms with van der Waals surface area (Å²) in [6.07, 6.45) is 1.54. The zero-order valence-corrected chi connectivity index (χ0v) is 16.0. The van der Waals surface area contributed by atoms with Crippen molar-refractivity contribution < 1.29 is 4.79 Å². The Kier molecular flexibility index (Phi) is 5.14. The third-order valence-electron chi connectivity index (χ3n) is 3.78. The average Bonchev–Trinajstić information content (AvgIpc) is 3.10. The number of hydrogen-bond donors (Lipinski definition) is 2. The lowest BCUT2D eigenvalue weighted by atomic mass is 9.87. The van der Waals surface area contributed by atoms with Gasteiger partial charge in [0.25, 0.3) is 0 Å². The fraction of sp³-hybridized carbons (Fsp3) is 0.211. The van der Waals surface area contributed by atoms with Gasteiger partial charge in [0, 0.05) is 17.4 Å². The number of carbonyl (C=O) groups excluding carboxylic acids is 1. The van der Waals surface area contributed by atoms with Crippen LogP contribution in [0.3, 0.4) is 0 Å². The first kappa shape index (κ1) is 18.5. The molecule has 0 spiro atoms. The fourth-order valence-corrected chi connectivity index (χ4v) is 3.06. The van der Waals surface area contributed by atoms with E-state index in [-0.39, 0.29) is 5.41 Å². The van der Waals surface area contributed by atoms with Crippen molar-refractivity contribution in [3.8, 4) is 16.6 Å². The second-order valence-electron chi connectivity index (χ2n) is 6.86. The van der Waals surface area contributed by atoms with Crippen LogP contribution in [0, 0.1) is 11.3 Å². The first-order valence-corrected chi connectivity index (χ1v) is 9.05. The Bertz CT molecular complexity index is 998. The third-order valence-corrected chi connectivity index (χ3v) is 4.66. The molecule has 0 aliphatic carbocycles. The van der Waals surface area contributed by atoms with E-state index < -0.39 is 6.03 Å². The Balaban J connectivity index is 1.65. The predicted molar refractivity (Wildman–Crippen MR) is 106 cm³/mol. The van der Waals surface area contributed by atoms with Crippen LogP contribution in [0.1, 0.15) is 32.0 Å². The summed E-state index contributed by atoms with van der Waals surface area (Å²) in [5, 5.41) is 23.3. The highest BCUT2D eigenvalue weighted by Crippen LogP contribution is 2.27. The van der Waals surface area contributed by atoms with Crippen LogP contribution in [0.2, 0.25) is 0 Å².